The molecule has 2 fully saturated rings. The summed E-state index contributed by atoms with van der Waals surface area (Å²) in [6.07, 6.45) is 4.45. The van der Waals surface area contributed by atoms with Gasteiger partial charge in [-0.1, -0.05) is 6.07 Å². The second-order valence-corrected chi connectivity index (χ2v) is 7.21. The molecule has 1 aromatic carbocycles. The fraction of sp³-hybridized carbons (Fsp3) is 0.550. The number of nitrogens with zero attached hydrogens (tertiary/aromatic N) is 2. The summed E-state index contributed by atoms with van der Waals surface area (Å²) in [5.74, 6) is -0.619. The van der Waals surface area contributed by atoms with E-state index in [1.54, 1.807) is 23.1 Å². The zero-order valence-corrected chi connectivity index (χ0v) is 15.4. The van der Waals surface area contributed by atoms with Crippen LogP contribution in [0, 0.1) is 0 Å². The van der Waals surface area contributed by atoms with Crippen LogP contribution < -0.4 is 4.90 Å². The summed E-state index contributed by atoms with van der Waals surface area (Å²) in [5.41, 5.74) is 1.06. The van der Waals surface area contributed by atoms with Crippen LogP contribution in [0.2, 0.25) is 0 Å². The molecule has 1 aromatic rings. The molecule has 2 amide bonds. The molecule has 26 heavy (non-hydrogen) atoms. The van der Waals surface area contributed by atoms with Gasteiger partial charge in [0.05, 0.1) is 5.56 Å². The minimum Gasteiger partial charge on any atom is -0.452 e. The maximum atomic E-state index is 12.5. The molecule has 0 saturated carbocycles. The number of hydrogen-bond donors (Lipinski definition) is 0. The molecule has 0 N–H and O–H groups in total. The summed E-state index contributed by atoms with van der Waals surface area (Å²) in [7, 11) is 0. The molecule has 2 aliphatic rings. The third kappa shape index (κ3) is 3.89. The van der Waals surface area contributed by atoms with E-state index in [4.69, 9.17) is 4.74 Å². The van der Waals surface area contributed by atoms with Crippen molar-refractivity contribution in [3.63, 3.8) is 0 Å². The van der Waals surface area contributed by atoms with Gasteiger partial charge >= 0.3 is 5.97 Å². The lowest BCUT2D eigenvalue weighted by molar-refractivity contribution is -0.140. The molecule has 2 saturated heterocycles. The van der Waals surface area contributed by atoms with E-state index in [0.717, 1.165) is 25.7 Å². The highest BCUT2D eigenvalue weighted by molar-refractivity contribution is 5.97. The standard InChI is InChI=1S/C20H26N2O4/c1-14-6-3-7-15(2)22(14)19(24)13-26-20(25)16-8-4-9-17(12-16)21-11-5-10-18(21)23/h4,8-9,12,14-15H,3,5-7,10-11,13H2,1-2H3/t14-,15+. The number of ether oxygens (including phenoxy) is 1. The Morgan fingerprint density at radius 3 is 2.54 bits per heavy atom. The molecule has 0 aliphatic carbocycles. The lowest BCUT2D eigenvalue weighted by Crippen LogP contribution is -2.49. The SMILES string of the molecule is C[C@@H]1CCC[C@H](C)N1C(=O)COC(=O)c1cccc(N2CCCC2=O)c1. The Morgan fingerprint density at radius 2 is 1.88 bits per heavy atom. The van der Waals surface area contributed by atoms with Crippen molar-refractivity contribution in [1.29, 1.82) is 0 Å². The fourth-order valence-corrected chi connectivity index (χ4v) is 3.92. The Morgan fingerprint density at radius 1 is 1.15 bits per heavy atom. The summed E-state index contributed by atoms with van der Waals surface area (Å²) < 4.78 is 5.25. The van der Waals surface area contributed by atoms with Gasteiger partial charge in [-0.3, -0.25) is 9.59 Å². The van der Waals surface area contributed by atoms with Gasteiger partial charge in [0.1, 0.15) is 0 Å². The van der Waals surface area contributed by atoms with E-state index in [0.29, 0.717) is 24.2 Å². The molecule has 2 atom stereocenters. The largest absolute Gasteiger partial charge is 0.452 e. The number of anilines is 1. The molecule has 6 heteroatoms. The first-order chi connectivity index (χ1) is 12.5. The average Bonchev–Trinajstić information content (AvgIpc) is 3.05. The number of carbonyl (C=O) groups excluding carboxylic acids is 3. The third-order valence-electron chi connectivity index (χ3n) is 5.28. The topological polar surface area (TPSA) is 66.9 Å². The van der Waals surface area contributed by atoms with Gasteiger partial charge in [0.25, 0.3) is 5.91 Å². The second kappa shape index (κ2) is 7.89. The molecular formula is C20H26N2O4. The molecule has 3 rings (SSSR count). The molecule has 0 spiro atoms. The third-order valence-corrected chi connectivity index (χ3v) is 5.28. The summed E-state index contributed by atoms with van der Waals surface area (Å²) in [5, 5.41) is 0. The van der Waals surface area contributed by atoms with Crippen molar-refractivity contribution >= 4 is 23.5 Å². The minimum atomic E-state index is -0.538. The maximum absolute atomic E-state index is 12.5. The lowest BCUT2D eigenvalue weighted by Gasteiger charge is -2.38. The number of benzene rings is 1. The van der Waals surface area contributed by atoms with Gasteiger partial charge in [-0.15, -0.1) is 0 Å². The zero-order valence-electron chi connectivity index (χ0n) is 15.4. The van der Waals surface area contributed by atoms with E-state index in [9.17, 15) is 14.4 Å². The van der Waals surface area contributed by atoms with Crippen molar-refractivity contribution in [3.8, 4) is 0 Å². The number of hydrogen-bond acceptors (Lipinski definition) is 4. The van der Waals surface area contributed by atoms with Crippen LogP contribution in [0.4, 0.5) is 5.69 Å². The highest BCUT2D eigenvalue weighted by Crippen LogP contribution is 2.24. The van der Waals surface area contributed by atoms with Gasteiger partial charge in [0.2, 0.25) is 5.91 Å². The number of likely N-dealkylation sites (tertiary alicyclic amines) is 1. The van der Waals surface area contributed by atoms with Crippen LogP contribution in [-0.4, -0.2) is 47.9 Å². The molecular weight excluding hydrogens is 332 g/mol. The number of carbonyl (C=O) groups is 3. The summed E-state index contributed by atoms with van der Waals surface area (Å²) >= 11 is 0. The average molecular weight is 358 g/mol. The zero-order chi connectivity index (χ0) is 18.7. The van der Waals surface area contributed by atoms with Crippen molar-refractivity contribution in [3.05, 3.63) is 29.8 Å². The van der Waals surface area contributed by atoms with E-state index in [2.05, 4.69) is 0 Å². The van der Waals surface area contributed by atoms with Crippen LogP contribution in [0.1, 0.15) is 56.3 Å². The van der Waals surface area contributed by atoms with E-state index in [1.807, 2.05) is 24.8 Å². The number of rotatable bonds is 4. The summed E-state index contributed by atoms with van der Waals surface area (Å²) in [4.78, 5) is 40.2. The molecule has 2 aliphatic heterocycles. The molecule has 0 bridgehead atoms. The highest BCUT2D eigenvalue weighted by atomic mass is 16.5. The van der Waals surface area contributed by atoms with E-state index in [-0.39, 0.29) is 30.5 Å². The molecule has 6 nitrogen and oxygen atoms in total. The quantitative estimate of drug-likeness (QED) is 0.776. The predicted octanol–water partition coefficient (Wildman–Crippen LogP) is 2.76. The lowest BCUT2D eigenvalue weighted by atomic mass is 9.97. The Hall–Kier alpha value is -2.37. The fourth-order valence-electron chi connectivity index (χ4n) is 3.92. The molecule has 2 heterocycles. The van der Waals surface area contributed by atoms with Gasteiger partial charge in [-0.05, 0) is 57.7 Å². The first-order valence-corrected chi connectivity index (χ1v) is 9.36. The summed E-state index contributed by atoms with van der Waals surface area (Å²) in [6.45, 7) is 4.48. The van der Waals surface area contributed by atoms with E-state index < -0.39 is 5.97 Å². The Labute approximate surface area is 154 Å². The number of piperidine rings is 1. The van der Waals surface area contributed by atoms with Gasteiger partial charge < -0.3 is 14.5 Å². The van der Waals surface area contributed by atoms with Crippen LogP contribution in [0.3, 0.4) is 0 Å². The van der Waals surface area contributed by atoms with Crippen LogP contribution in [0.25, 0.3) is 0 Å². The van der Waals surface area contributed by atoms with Crippen molar-refractivity contribution in [2.75, 3.05) is 18.1 Å². The van der Waals surface area contributed by atoms with Crippen molar-refractivity contribution < 1.29 is 19.1 Å². The van der Waals surface area contributed by atoms with Crippen LogP contribution in [0.5, 0.6) is 0 Å². The Kier molecular flexibility index (Phi) is 5.59. The number of amides is 2. The predicted molar refractivity (Wildman–Crippen MR) is 97.9 cm³/mol. The molecule has 0 unspecified atom stereocenters. The smallest absolute Gasteiger partial charge is 0.338 e. The van der Waals surface area contributed by atoms with E-state index in [1.165, 1.54) is 0 Å². The van der Waals surface area contributed by atoms with Crippen LogP contribution >= 0.6 is 0 Å². The second-order valence-electron chi connectivity index (χ2n) is 7.21. The summed E-state index contributed by atoms with van der Waals surface area (Å²) in [6, 6.07) is 7.19. The van der Waals surface area contributed by atoms with E-state index >= 15 is 0 Å². The van der Waals surface area contributed by atoms with Gasteiger partial charge in [0, 0.05) is 30.7 Å². The van der Waals surface area contributed by atoms with Gasteiger partial charge in [0.15, 0.2) is 6.61 Å². The van der Waals surface area contributed by atoms with Crippen molar-refractivity contribution in [1.82, 2.24) is 4.90 Å². The first kappa shape index (κ1) is 18.4. The Balaban J connectivity index is 1.61. The molecule has 0 aromatic heterocycles. The molecule has 0 radical (unpaired) electrons. The van der Waals surface area contributed by atoms with Gasteiger partial charge in [-0.2, -0.15) is 0 Å². The van der Waals surface area contributed by atoms with Crippen molar-refractivity contribution in [2.45, 2.75) is 58.0 Å². The normalized spacial score (nSPS) is 23.2. The monoisotopic (exact) mass is 358 g/mol. The number of esters is 1. The Bertz CT molecular complexity index is 693. The van der Waals surface area contributed by atoms with Gasteiger partial charge in [-0.25, -0.2) is 4.79 Å². The minimum absolute atomic E-state index is 0.0683. The molecule has 140 valence electrons. The first-order valence-electron chi connectivity index (χ1n) is 9.36. The highest BCUT2D eigenvalue weighted by Gasteiger charge is 2.29. The van der Waals surface area contributed by atoms with Crippen LogP contribution in [0.15, 0.2) is 24.3 Å². The van der Waals surface area contributed by atoms with Crippen LogP contribution in [-0.2, 0) is 14.3 Å². The maximum Gasteiger partial charge on any atom is 0.338 e. The van der Waals surface area contributed by atoms with Crippen molar-refractivity contribution in [2.24, 2.45) is 0 Å².